The molecule has 0 atom stereocenters. The SMILES string of the molecule is NC1=C(COC(=O)Oc2ccc([N+](=O)[O-])cc2)C=CCC1. The van der Waals surface area contributed by atoms with Gasteiger partial charge in [0.2, 0.25) is 0 Å². The number of rotatable bonds is 4. The summed E-state index contributed by atoms with van der Waals surface area (Å²) in [5, 5.41) is 10.5. The first-order valence-corrected chi connectivity index (χ1v) is 6.29. The summed E-state index contributed by atoms with van der Waals surface area (Å²) in [6.45, 7) is 0.0359. The summed E-state index contributed by atoms with van der Waals surface area (Å²) in [6.07, 6.45) is 4.51. The van der Waals surface area contributed by atoms with E-state index in [0.717, 1.165) is 18.4 Å². The van der Waals surface area contributed by atoms with Crippen LogP contribution in [0, 0.1) is 10.1 Å². The summed E-state index contributed by atoms with van der Waals surface area (Å²) in [6, 6.07) is 5.14. The van der Waals surface area contributed by atoms with E-state index in [4.69, 9.17) is 15.2 Å². The lowest BCUT2D eigenvalue weighted by Crippen LogP contribution is -2.15. The second kappa shape index (κ2) is 6.56. The number of hydrogen-bond donors (Lipinski definition) is 1. The summed E-state index contributed by atoms with van der Waals surface area (Å²) in [7, 11) is 0. The first-order valence-electron chi connectivity index (χ1n) is 6.29. The lowest BCUT2D eigenvalue weighted by Gasteiger charge is -2.12. The maximum atomic E-state index is 11.5. The summed E-state index contributed by atoms with van der Waals surface area (Å²) in [5.74, 6) is 0.173. The number of hydrogen-bond acceptors (Lipinski definition) is 6. The zero-order valence-corrected chi connectivity index (χ0v) is 11.2. The molecule has 1 aromatic rings. The van der Waals surface area contributed by atoms with Gasteiger partial charge in [-0.1, -0.05) is 12.2 Å². The molecule has 2 N–H and O–H groups in total. The molecule has 0 spiro atoms. The second-order valence-corrected chi connectivity index (χ2v) is 4.38. The number of nitro groups is 1. The molecule has 1 aliphatic rings. The van der Waals surface area contributed by atoms with Crippen LogP contribution < -0.4 is 10.5 Å². The molecule has 0 aliphatic heterocycles. The molecule has 1 aliphatic carbocycles. The molecule has 0 radical (unpaired) electrons. The van der Waals surface area contributed by atoms with Crippen molar-refractivity contribution in [3.63, 3.8) is 0 Å². The Morgan fingerprint density at radius 3 is 2.67 bits per heavy atom. The maximum Gasteiger partial charge on any atom is 0.514 e. The van der Waals surface area contributed by atoms with Crippen LogP contribution in [0.4, 0.5) is 10.5 Å². The molecule has 0 aromatic heterocycles. The van der Waals surface area contributed by atoms with E-state index >= 15 is 0 Å². The molecule has 0 amide bonds. The third-order valence-electron chi connectivity index (χ3n) is 2.91. The minimum absolute atomic E-state index is 0.0359. The molecule has 21 heavy (non-hydrogen) atoms. The van der Waals surface area contributed by atoms with Crippen LogP contribution in [-0.2, 0) is 4.74 Å². The quantitative estimate of drug-likeness (QED) is 0.395. The van der Waals surface area contributed by atoms with E-state index in [1.54, 1.807) is 0 Å². The molecule has 1 aromatic carbocycles. The predicted molar refractivity (Wildman–Crippen MR) is 74.7 cm³/mol. The Kier molecular flexibility index (Phi) is 4.55. The summed E-state index contributed by atoms with van der Waals surface area (Å²) >= 11 is 0. The Labute approximate surface area is 120 Å². The van der Waals surface area contributed by atoms with Gasteiger partial charge in [0.05, 0.1) is 4.92 Å². The fourth-order valence-corrected chi connectivity index (χ4v) is 1.77. The van der Waals surface area contributed by atoms with Crippen molar-refractivity contribution in [1.29, 1.82) is 0 Å². The molecule has 0 saturated heterocycles. The largest absolute Gasteiger partial charge is 0.514 e. The average Bonchev–Trinajstić information content (AvgIpc) is 2.47. The van der Waals surface area contributed by atoms with E-state index in [-0.39, 0.29) is 18.0 Å². The topological polar surface area (TPSA) is 105 Å². The van der Waals surface area contributed by atoms with E-state index in [9.17, 15) is 14.9 Å². The number of nitrogens with two attached hydrogens (primary N) is 1. The van der Waals surface area contributed by atoms with Crippen LogP contribution in [0.1, 0.15) is 12.8 Å². The van der Waals surface area contributed by atoms with E-state index < -0.39 is 11.1 Å². The minimum Gasteiger partial charge on any atom is -0.429 e. The molecule has 7 nitrogen and oxygen atoms in total. The van der Waals surface area contributed by atoms with Gasteiger partial charge in [0.25, 0.3) is 5.69 Å². The number of allylic oxidation sites excluding steroid dienone is 2. The van der Waals surface area contributed by atoms with E-state index in [2.05, 4.69) is 0 Å². The van der Waals surface area contributed by atoms with Crippen molar-refractivity contribution in [2.75, 3.05) is 6.61 Å². The zero-order chi connectivity index (χ0) is 15.2. The zero-order valence-electron chi connectivity index (χ0n) is 11.2. The third kappa shape index (κ3) is 4.07. The van der Waals surface area contributed by atoms with Gasteiger partial charge in [-0.3, -0.25) is 10.1 Å². The molecule has 2 rings (SSSR count). The molecule has 0 bridgehead atoms. The van der Waals surface area contributed by atoms with Crippen molar-refractivity contribution in [3.05, 3.63) is 57.8 Å². The Morgan fingerprint density at radius 1 is 1.33 bits per heavy atom. The van der Waals surface area contributed by atoms with Gasteiger partial charge in [-0.15, -0.1) is 0 Å². The highest BCUT2D eigenvalue weighted by atomic mass is 16.7. The Bertz CT molecular complexity index is 604. The minimum atomic E-state index is -0.886. The lowest BCUT2D eigenvalue weighted by molar-refractivity contribution is -0.384. The van der Waals surface area contributed by atoms with E-state index in [1.807, 2.05) is 12.2 Å². The van der Waals surface area contributed by atoms with Crippen LogP contribution in [-0.4, -0.2) is 17.7 Å². The Morgan fingerprint density at radius 2 is 2.05 bits per heavy atom. The Balaban J connectivity index is 1.87. The van der Waals surface area contributed by atoms with Gasteiger partial charge >= 0.3 is 6.16 Å². The van der Waals surface area contributed by atoms with Crippen LogP contribution in [0.2, 0.25) is 0 Å². The van der Waals surface area contributed by atoms with E-state index in [0.29, 0.717) is 5.70 Å². The van der Waals surface area contributed by atoms with Gasteiger partial charge in [0.1, 0.15) is 12.4 Å². The number of nitrogens with zero attached hydrogens (tertiary/aromatic N) is 1. The molecular weight excluding hydrogens is 276 g/mol. The highest BCUT2D eigenvalue weighted by Gasteiger charge is 2.11. The molecule has 0 unspecified atom stereocenters. The molecule has 110 valence electrons. The van der Waals surface area contributed by atoms with Crippen LogP contribution in [0.5, 0.6) is 5.75 Å². The number of carbonyl (C=O) groups excluding carboxylic acids is 1. The monoisotopic (exact) mass is 290 g/mol. The maximum absolute atomic E-state index is 11.5. The van der Waals surface area contributed by atoms with Crippen molar-refractivity contribution in [3.8, 4) is 5.75 Å². The molecular formula is C14H14N2O5. The van der Waals surface area contributed by atoms with Gasteiger partial charge in [-0.25, -0.2) is 4.79 Å². The average molecular weight is 290 g/mol. The summed E-state index contributed by atoms with van der Waals surface area (Å²) in [5.41, 5.74) is 7.16. The number of non-ortho nitro benzene ring substituents is 1. The fourth-order valence-electron chi connectivity index (χ4n) is 1.77. The van der Waals surface area contributed by atoms with Crippen LogP contribution in [0.25, 0.3) is 0 Å². The smallest absolute Gasteiger partial charge is 0.429 e. The Hall–Kier alpha value is -2.83. The van der Waals surface area contributed by atoms with Crippen LogP contribution >= 0.6 is 0 Å². The van der Waals surface area contributed by atoms with Gasteiger partial charge in [-0.2, -0.15) is 0 Å². The molecule has 0 heterocycles. The number of benzene rings is 1. The number of ether oxygens (including phenoxy) is 2. The predicted octanol–water partition coefficient (Wildman–Crippen LogP) is 2.67. The van der Waals surface area contributed by atoms with E-state index in [1.165, 1.54) is 24.3 Å². The number of nitro benzene ring substituents is 1. The van der Waals surface area contributed by atoms with Crippen LogP contribution in [0.15, 0.2) is 47.7 Å². The summed E-state index contributed by atoms with van der Waals surface area (Å²) in [4.78, 5) is 21.5. The standard InChI is InChI=1S/C14H14N2O5/c15-13-4-2-1-3-10(13)9-20-14(17)21-12-7-5-11(6-8-12)16(18)19/h1,3,5-8H,2,4,9,15H2. The highest BCUT2D eigenvalue weighted by molar-refractivity contribution is 5.64. The first kappa shape index (κ1) is 14.6. The first-order chi connectivity index (χ1) is 10.1. The lowest BCUT2D eigenvalue weighted by atomic mass is 10.0. The fraction of sp³-hybridized carbons (Fsp3) is 0.214. The summed E-state index contributed by atoms with van der Waals surface area (Å²) < 4.78 is 9.85. The van der Waals surface area contributed by atoms with Crippen molar-refractivity contribution in [2.45, 2.75) is 12.8 Å². The van der Waals surface area contributed by atoms with Crippen LogP contribution in [0.3, 0.4) is 0 Å². The molecule has 7 heteroatoms. The number of carbonyl (C=O) groups is 1. The van der Waals surface area contributed by atoms with Gasteiger partial charge < -0.3 is 15.2 Å². The second-order valence-electron chi connectivity index (χ2n) is 4.38. The molecule has 0 fully saturated rings. The van der Waals surface area contributed by atoms with Gasteiger partial charge in [0, 0.05) is 23.4 Å². The van der Waals surface area contributed by atoms with Crippen molar-refractivity contribution in [2.24, 2.45) is 5.73 Å². The third-order valence-corrected chi connectivity index (χ3v) is 2.91. The van der Waals surface area contributed by atoms with Crippen molar-refractivity contribution in [1.82, 2.24) is 0 Å². The van der Waals surface area contributed by atoms with Gasteiger partial charge in [-0.05, 0) is 25.0 Å². The van der Waals surface area contributed by atoms with Crippen molar-refractivity contribution >= 4 is 11.8 Å². The molecule has 0 saturated carbocycles. The van der Waals surface area contributed by atoms with Gasteiger partial charge in [0.15, 0.2) is 0 Å². The highest BCUT2D eigenvalue weighted by Crippen LogP contribution is 2.18. The normalized spacial score (nSPS) is 13.9. The van der Waals surface area contributed by atoms with Crippen molar-refractivity contribution < 1.29 is 19.2 Å².